The van der Waals surface area contributed by atoms with Crippen molar-refractivity contribution in [3.63, 3.8) is 0 Å². The number of para-hydroxylation sites is 1. The van der Waals surface area contributed by atoms with E-state index in [1.165, 1.54) is 0 Å². The van der Waals surface area contributed by atoms with Gasteiger partial charge in [-0.3, -0.25) is 4.98 Å². The van der Waals surface area contributed by atoms with Gasteiger partial charge in [0.05, 0.1) is 17.5 Å². The molecule has 4 heteroatoms. The molecule has 1 N–H and O–H groups in total. The highest BCUT2D eigenvalue weighted by molar-refractivity contribution is 7.94. The molecule has 0 spiro atoms. The molecule has 0 radical (unpaired) electrons. The highest BCUT2D eigenvalue weighted by Gasteiger charge is 2.05. The molecule has 72 valence electrons. The van der Waals surface area contributed by atoms with Gasteiger partial charge in [-0.1, -0.05) is 6.07 Å². The largest absolute Gasteiger partial charge is 0.496 e. The number of ether oxygens (including phenoxy) is 1. The number of rotatable bonds is 2. The van der Waals surface area contributed by atoms with Crippen LogP contribution in [0.25, 0.3) is 10.9 Å². The van der Waals surface area contributed by atoms with Crippen molar-refractivity contribution >= 4 is 22.9 Å². The summed E-state index contributed by atoms with van der Waals surface area (Å²) in [5.41, 5.74) is 0.763. The maximum absolute atomic E-state index is 9.04. The second-order valence-electron chi connectivity index (χ2n) is 2.76. The number of benzene rings is 1. The van der Waals surface area contributed by atoms with E-state index in [9.17, 15) is 0 Å². The van der Waals surface area contributed by atoms with Crippen LogP contribution in [0.2, 0.25) is 0 Å². The van der Waals surface area contributed by atoms with Gasteiger partial charge in [0.15, 0.2) is 0 Å². The Morgan fingerprint density at radius 3 is 2.93 bits per heavy atom. The van der Waals surface area contributed by atoms with E-state index in [1.54, 1.807) is 19.4 Å². The first-order valence-corrected chi connectivity index (χ1v) is 4.87. The van der Waals surface area contributed by atoms with Crippen LogP contribution in [0.3, 0.4) is 0 Å². The quantitative estimate of drug-likeness (QED) is 0.769. The number of fused-ring (bicyclic) bond motifs is 1. The molecule has 1 heterocycles. The average Bonchev–Trinajstić information content (AvgIpc) is 2.27. The maximum atomic E-state index is 9.04. The molecule has 1 aromatic heterocycles. The fourth-order valence-electron chi connectivity index (χ4n) is 1.38. The first-order valence-electron chi connectivity index (χ1n) is 4.10. The van der Waals surface area contributed by atoms with Crippen molar-refractivity contribution in [3.05, 3.63) is 30.5 Å². The zero-order valence-corrected chi connectivity index (χ0v) is 8.41. The lowest BCUT2D eigenvalue weighted by Gasteiger charge is -2.05. The molecule has 0 amide bonds. The first kappa shape index (κ1) is 9.30. The number of pyridine rings is 1. The molecule has 0 atom stereocenters. The number of aromatic nitrogens is 1. The highest BCUT2D eigenvalue weighted by atomic mass is 32.2. The van der Waals surface area contributed by atoms with Crippen LogP contribution >= 0.6 is 12.0 Å². The van der Waals surface area contributed by atoms with Crippen LogP contribution in [0, 0.1) is 0 Å². The Bertz CT molecular complexity index is 416. The van der Waals surface area contributed by atoms with Crippen molar-refractivity contribution < 1.29 is 9.29 Å². The van der Waals surface area contributed by atoms with E-state index in [1.807, 2.05) is 18.2 Å². The third kappa shape index (κ3) is 1.42. The summed E-state index contributed by atoms with van der Waals surface area (Å²) < 4.78 is 14.2. The van der Waals surface area contributed by atoms with Gasteiger partial charge >= 0.3 is 0 Å². The Morgan fingerprint density at radius 1 is 1.36 bits per heavy atom. The lowest BCUT2D eigenvalue weighted by Crippen LogP contribution is -1.87. The molecule has 0 aliphatic heterocycles. The van der Waals surface area contributed by atoms with E-state index in [0.29, 0.717) is 12.0 Å². The lowest BCUT2D eigenvalue weighted by atomic mass is 10.2. The van der Waals surface area contributed by atoms with Crippen LogP contribution in [0.1, 0.15) is 0 Å². The first-order chi connectivity index (χ1) is 6.86. The molecule has 2 aromatic rings. The summed E-state index contributed by atoms with van der Waals surface area (Å²) in [6.45, 7) is 0. The monoisotopic (exact) mass is 207 g/mol. The van der Waals surface area contributed by atoms with E-state index in [0.717, 1.165) is 21.5 Å². The van der Waals surface area contributed by atoms with Crippen molar-refractivity contribution in [1.29, 1.82) is 0 Å². The van der Waals surface area contributed by atoms with Crippen molar-refractivity contribution in [2.45, 2.75) is 4.90 Å². The normalized spacial score (nSPS) is 10.4. The molecule has 14 heavy (non-hydrogen) atoms. The molecule has 0 unspecified atom stereocenters. The Kier molecular flexibility index (Phi) is 2.56. The molecule has 0 fully saturated rings. The van der Waals surface area contributed by atoms with Crippen LogP contribution in [0.5, 0.6) is 5.75 Å². The zero-order chi connectivity index (χ0) is 9.97. The molecule has 0 aliphatic rings. The predicted octanol–water partition coefficient (Wildman–Crippen LogP) is 2.81. The zero-order valence-electron chi connectivity index (χ0n) is 7.60. The minimum Gasteiger partial charge on any atom is -0.496 e. The van der Waals surface area contributed by atoms with Gasteiger partial charge in [-0.2, -0.15) is 0 Å². The SMILES string of the molecule is COc1ccnc2c(SO)cccc12. The standard InChI is InChI=1S/C10H9NO2S/c1-13-8-5-6-11-10-7(8)3-2-4-9(10)14-12/h2-6,12H,1H3. The summed E-state index contributed by atoms with van der Waals surface area (Å²) in [5.74, 6) is 0.769. The average molecular weight is 207 g/mol. The van der Waals surface area contributed by atoms with E-state index in [4.69, 9.17) is 9.29 Å². The van der Waals surface area contributed by atoms with Gasteiger partial charge < -0.3 is 9.29 Å². The Labute approximate surface area is 85.9 Å². The minimum atomic E-state index is 0.699. The molecule has 0 bridgehead atoms. The number of hydrogen-bond donors (Lipinski definition) is 1. The summed E-state index contributed by atoms with van der Waals surface area (Å²) in [6, 6.07) is 7.40. The van der Waals surface area contributed by atoms with E-state index < -0.39 is 0 Å². The van der Waals surface area contributed by atoms with Gasteiger partial charge in [-0.25, -0.2) is 0 Å². The number of methoxy groups -OCH3 is 1. The summed E-state index contributed by atoms with van der Waals surface area (Å²) in [4.78, 5) is 4.94. The lowest BCUT2D eigenvalue weighted by molar-refractivity contribution is 0.419. The van der Waals surface area contributed by atoms with Crippen LogP contribution in [-0.4, -0.2) is 16.6 Å². The Morgan fingerprint density at radius 2 is 2.21 bits per heavy atom. The summed E-state index contributed by atoms with van der Waals surface area (Å²) in [6.07, 6.45) is 1.67. The highest BCUT2D eigenvalue weighted by Crippen LogP contribution is 2.29. The van der Waals surface area contributed by atoms with E-state index in [2.05, 4.69) is 4.98 Å². The van der Waals surface area contributed by atoms with Gasteiger partial charge in [0, 0.05) is 23.6 Å². The van der Waals surface area contributed by atoms with Gasteiger partial charge in [-0.05, 0) is 18.2 Å². The number of hydrogen-bond acceptors (Lipinski definition) is 4. The van der Waals surface area contributed by atoms with E-state index in [-0.39, 0.29) is 0 Å². The Hall–Kier alpha value is -1.26. The molecule has 0 saturated carbocycles. The molecule has 0 aliphatic carbocycles. The van der Waals surface area contributed by atoms with Crippen molar-refractivity contribution in [2.75, 3.05) is 7.11 Å². The molecule has 1 aromatic carbocycles. The van der Waals surface area contributed by atoms with Crippen molar-refractivity contribution in [1.82, 2.24) is 4.98 Å². The van der Waals surface area contributed by atoms with Crippen LogP contribution in [0.4, 0.5) is 0 Å². The summed E-state index contributed by atoms with van der Waals surface area (Å²) in [5, 5.41) is 0.911. The number of nitrogens with zero attached hydrogens (tertiary/aromatic N) is 1. The maximum Gasteiger partial charge on any atom is 0.129 e. The fourth-order valence-corrected chi connectivity index (χ4v) is 1.76. The molecule has 2 rings (SSSR count). The van der Waals surface area contributed by atoms with Gasteiger partial charge in [0.2, 0.25) is 0 Å². The van der Waals surface area contributed by atoms with Gasteiger partial charge in [0.1, 0.15) is 5.75 Å². The molecule has 0 saturated heterocycles. The second kappa shape index (κ2) is 3.86. The predicted molar refractivity (Wildman–Crippen MR) is 56.8 cm³/mol. The third-order valence-electron chi connectivity index (χ3n) is 2.01. The van der Waals surface area contributed by atoms with Crippen LogP contribution < -0.4 is 4.74 Å². The Balaban J connectivity index is 2.77. The summed E-state index contributed by atoms with van der Waals surface area (Å²) >= 11 is 0.699. The molecule has 3 nitrogen and oxygen atoms in total. The van der Waals surface area contributed by atoms with Gasteiger partial charge in [0.25, 0.3) is 0 Å². The fraction of sp³-hybridized carbons (Fsp3) is 0.100. The second-order valence-corrected chi connectivity index (χ2v) is 3.38. The van der Waals surface area contributed by atoms with Crippen LogP contribution in [0.15, 0.2) is 35.4 Å². The van der Waals surface area contributed by atoms with Crippen molar-refractivity contribution in [3.8, 4) is 5.75 Å². The van der Waals surface area contributed by atoms with Crippen LogP contribution in [-0.2, 0) is 0 Å². The third-order valence-corrected chi connectivity index (χ3v) is 2.54. The van der Waals surface area contributed by atoms with Gasteiger partial charge in [-0.15, -0.1) is 0 Å². The molecular formula is C10H9NO2S. The topological polar surface area (TPSA) is 42.4 Å². The smallest absolute Gasteiger partial charge is 0.129 e. The minimum absolute atomic E-state index is 0.699. The summed E-state index contributed by atoms with van der Waals surface area (Å²) in [7, 11) is 1.62. The molecular weight excluding hydrogens is 198 g/mol. The van der Waals surface area contributed by atoms with E-state index >= 15 is 0 Å². The van der Waals surface area contributed by atoms with Crippen molar-refractivity contribution in [2.24, 2.45) is 0 Å².